The number of likely N-dealkylation sites (N-methyl/N-ethyl adjacent to an activating group) is 1. The van der Waals surface area contributed by atoms with Crippen molar-refractivity contribution in [2.75, 3.05) is 31.7 Å². The zero-order valence-corrected chi connectivity index (χ0v) is 31.0. The number of nitrogens with two attached hydrogens (primary N) is 1. The molecule has 8 aromatic rings. The zero-order valence-electron chi connectivity index (χ0n) is 31.0. The van der Waals surface area contributed by atoms with Crippen molar-refractivity contribution in [3.63, 3.8) is 0 Å². The van der Waals surface area contributed by atoms with Gasteiger partial charge in [-0.1, -0.05) is 54.6 Å². The summed E-state index contributed by atoms with van der Waals surface area (Å²) in [5.74, 6) is -0.183. The second-order valence-corrected chi connectivity index (χ2v) is 13.7. The molecule has 0 saturated heterocycles. The third-order valence-corrected chi connectivity index (χ3v) is 9.11. The standard InChI is InChI=1S/C25H25N5O2.C19H16N4O/c1-29(2)12-4-7-24(31)27-22-6-3-5-18(13-22)16-30-17-21(10-11-25(30)32)19-8-9-20-15-26-28-23(20)14-19;20-17-3-1-2-13(8-17)11-23-12-16(6-7-19(23)24)14-4-5-15-10-21-22-18(15)9-14/h3-11,13-15,17H,12,16H2,1-2H3,(H,26,28)(H,27,31);1-10,12H,11,20H2,(H,21,22)/b7-4+;. The van der Waals surface area contributed by atoms with E-state index in [0.29, 0.717) is 31.0 Å². The first-order chi connectivity index (χ1) is 27.2. The van der Waals surface area contributed by atoms with Crippen molar-refractivity contribution < 1.29 is 4.79 Å². The summed E-state index contributed by atoms with van der Waals surface area (Å²) in [7, 11) is 3.89. The fraction of sp³-hybridized carbons (Fsp3) is 0.114. The highest BCUT2D eigenvalue weighted by molar-refractivity contribution is 5.99. The number of hydrogen-bond donors (Lipinski definition) is 4. The summed E-state index contributed by atoms with van der Waals surface area (Å²) in [4.78, 5) is 38.7. The predicted octanol–water partition coefficient (Wildman–Crippen LogP) is 6.52. The third-order valence-electron chi connectivity index (χ3n) is 9.11. The van der Waals surface area contributed by atoms with E-state index in [-0.39, 0.29) is 17.0 Å². The lowest BCUT2D eigenvalue weighted by Crippen LogP contribution is -2.19. The average Bonchev–Trinajstić information content (AvgIpc) is 3.86. The van der Waals surface area contributed by atoms with Gasteiger partial charge in [0.25, 0.3) is 11.1 Å². The summed E-state index contributed by atoms with van der Waals surface area (Å²) >= 11 is 0. The van der Waals surface area contributed by atoms with Crippen LogP contribution in [0.3, 0.4) is 0 Å². The van der Waals surface area contributed by atoms with Gasteiger partial charge in [0.1, 0.15) is 0 Å². The van der Waals surface area contributed by atoms with Crippen LogP contribution in [0.2, 0.25) is 0 Å². The zero-order chi connectivity index (χ0) is 39.0. The number of benzene rings is 4. The summed E-state index contributed by atoms with van der Waals surface area (Å²) in [6.45, 7) is 1.59. The van der Waals surface area contributed by atoms with Crippen LogP contribution < -0.4 is 22.2 Å². The van der Waals surface area contributed by atoms with E-state index in [0.717, 1.165) is 55.2 Å². The van der Waals surface area contributed by atoms with Gasteiger partial charge < -0.3 is 25.1 Å². The van der Waals surface area contributed by atoms with Crippen LogP contribution in [-0.4, -0.2) is 61.0 Å². The van der Waals surface area contributed by atoms with Gasteiger partial charge in [0.05, 0.1) is 36.5 Å². The molecule has 0 unspecified atom stereocenters. The lowest BCUT2D eigenvalue weighted by molar-refractivity contribution is -0.111. The average molecular weight is 744 g/mol. The number of fused-ring (bicyclic) bond motifs is 2. The van der Waals surface area contributed by atoms with Crippen molar-refractivity contribution in [3.05, 3.63) is 178 Å². The number of aromatic amines is 2. The van der Waals surface area contributed by atoms with Crippen LogP contribution in [0.4, 0.5) is 11.4 Å². The third kappa shape index (κ3) is 9.24. The van der Waals surface area contributed by atoms with Gasteiger partial charge in [0.2, 0.25) is 5.91 Å². The highest BCUT2D eigenvalue weighted by atomic mass is 16.1. The van der Waals surface area contributed by atoms with Crippen LogP contribution in [0.1, 0.15) is 11.1 Å². The first-order valence-electron chi connectivity index (χ1n) is 18.0. The van der Waals surface area contributed by atoms with Crippen LogP contribution in [0.5, 0.6) is 0 Å². The van der Waals surface area contributed by atoms with Gasteiger partial charge in [-0.2, -0.15) is 10.2 Å². The number of nitrogens with one attached hydrogen (secondary N) is 3. The largest absolute Gasteiger partial charge is 0.399 e. The van der Waals surface area contributed by atoms with Crippen molar-refractivity contribution in [2.24, 2.45) is 0 Å². The van der Waals surface area contributed by atoms with Gasteiger partial charge in [-0.05, 0) is 96.0 Å². The summed E-state index contributed by atoms with van der Waals surface area (Å²) in [6.07, 6.45) is 10.6. The second-order valence-electron chi connectivity index (χ2n) is 13.7. The lowest BCUT2D eigenvalue weighted by Gasteiger charge is -2.10. The fourth-order valence-electron chi connectivity index (χ4n) is 6.27. The van der Waals surface area contributed by atoms with Crippen molar-refractivity contribution >= 4 is 39.1 Å². The molecule has 0 aliphatic rings. The number of aromatic nitrogens is 6. The van der Waals surface area contributed by atoms with Crippen LogP contribution in [0, 0.1) is 0 Å². The molecule has 0 spiro atoms. The normalized spacial score (nSPS) is 11.3. The molecule has 4 aromatic carbocycles. The van der Waals surface area contributed by atoms with Crippen molar-refractivity contribution in [3.8, 4) is 22.3 Å². The minimum Gasteiger partial charge on any atom is -0.399 e. The molecule has 12 nitrogen and oxygen atoms in total. The smallest absolute Gasteiger partial charge is 0.250 e. The van der Waals surface area contributed by atoms with Gasteiger partial charge in [0, 0.05) is 59.3 Å². The van der Waals surface area contributed by atoms with Gasteiger partial charge in [0.15, 0.2) is 0 Å². The Morgan fingerprint density at radius 2 is 1.23 bits per heavy atom. The van der Waals surface area contributed by atoms with Crippen molar-refractivity contribution in [1.82, 2.24) is 34.4 Å². The molecule has 5 N–H and O–H groups in total. The molecule has 280 valence electrons. The maximum atomic E-state index is 12.5. The number of nitrogens with zero attached hydrogens (tertiary/aromatic N) is 5. The molecule has 12 heteroatoms. The Hall–Kier alpha value is -7.31. The minimum atomic E-state index is -0.183. The SMILES string of the molecule is CN(C)C/C=C/C(=O)Nc1cccc(Cn2cc(-c3ccc4cn[nH]c4c3)ccc2=O)c1.Nc1cccc(Cn2cc(-c3ccc4cn[nH]c4c3)ccc2=O)c1. The Kier molecular flexibility index (Phi) is 11.1. The van der Waals surface area contributed by atoms with Crippen LogP contribution in [0.15, 0.2) is 156 Å². The molecular formula is C44H41N9O3. The topological polar surface area (TPSA) is 160 Å². The molecule has 0 bridgehead atoms. The van der Waals surface area contributed by atoms with Gasteiger partial charge in [-0.15, -0.1) is 0 Å². The molecule has 0 saturated carbocycles. The molecule has 4 heterocycles. The second kappa shape index (κ2) is 16.8. The molecule has 0 radical (unpaired) electrons. The molecule has 8 rings (SSSR count). The Morgan fingerprint density at radius 1 is 0.696 bits per heavy atom. The molecule has 0 aliphatic carbocycles. The predicted molar refractivity (Wildman–Crippen MR) is 223 cm³/mol. The van der Waals surface area contributed by atoms with Crippen molar-refractivity contribution in [2.45, 2.75) is 13.1 Å². The number of pyridine rings is 2. The molecule has 0 fully saturated rings. The fourth-order valence-corrected chi connectivity index (χ4v) is 6.27. The molecule has 1 amide bonds. The molecule has 0 aliphatic heterocycles. The molecule has 4 aromatic heterocycles. The number of carbonyl (C=O) groups is 1. The maximum absolute atomic E-state index is 12.5. The number of hydrogen-bond acceptors (Lipinski definition) is 7. The highest BCUT2D eigenvalue weighted by Gasteiger charge is 2.08. The van der Waals surface area contributed by atoms with Crippen LogP contribution in [0.25, 0.3) is 44.1 Å². The summed E-state index contributed by atoms with van der Waals surface area (Å²) in [5, 5.41) is 19.0. The number of anilines is 2. The number of carbonyl (C=O) groups excluding carboxylic acids is 1. The number of amides is 1. The number of nitrogen functional groups attached to an aromatic ring is 1. The van der Waals surface area contributed by atoms with E-state index >= 15 is 0 Å². The van der Waals surface area contributed by atoms with E-state index in [9.17, 15) is 14.4 Å². The quantitative estimate of drug-likeness (QED) is 0.0917. The van der Waals surface area contributed by atoms with Gasteiger partial charge >= 0.3 is 0 Å². The molecular weight excluding hydrogens is 703 g/mol. The first-order valence-corrected chi connectivity index (χ1v) is 18.0. The Labute approximate surface area is 322 Å². The number of rotatable bonds is 10. The van der Waals surface area contributed by atoms with E-state index in [1.807, 2.05) is 135 Å². The highest BCUT2D eigenvalue weighted by Crippen LogP contribution is 2.24. The Bertz CT molecular complexity index is 2790. The minimum absolute atomic E-state index is 0.0382. The van der Waals surface area contributed by atoms with E-state index in [1.54, 1.807) is 33.7 Å². The first kappa shape index (κ1) is 37.0. The van der Waals surface area contributed by atoms with Crippen LogP contribution >= 0.6 is 0 Å². The monoisotopic (exact) mass is 743 g/mol. The maximum Gasteiger partial charge on any atom is 0.250 e. The van der Waals surface area contributed by atoms with E-state index < -0.39 is 0 Å². The van der Waals surface area contributed by atoms with E-state index in [4.69, 9.17) is 5.73 Å². The summed E-state index contributed by atoms with van der Waals surface area (Å²) in [6, 6.07) is 34.1. The Balaban J connectivity index is 0.000000178. The molecule has 0 atom stereocenters. The Morgan fingerprint density at radius 3 is 1.79 bits per heavy atom. The van der Waals surface area contributed by atoms with E-state index in [1.165, 1.54) is 6.08 Å². The summed E-state index contributed by atoms with van der Waals surface area (Å²) < 4.78 is 3.37. The van der Waals surface area contributed by atoms with Crippen molar-refractivity contribution in [1.29, 1.82) is 0 Å². The van der Waals surface area contributed by atoms with E-state index in [2.05, 4.69) is 25.7 Å². The summed E-state index contributed by atoms with van der Waals surface area (Å²) in [5.41, 5.74) is 14.9. The molecule has 56 heavy (non-hydrogen) atoms. The van der Waals surface area contributed by atoms with Crippen LogP contribution in [-0.2, 0) is 17.9 Å². The lowest BCUT2D eigenvalue weighted by atomic mass is 10.1. The van der Waals surface area contributed by atoms with Gasteiger partial charge in [-0.25, -0.2) is 0 Å². The number of H-pyrrole nitrogens is 2. The van der Waals surface area contributed by atoms with Gasteiger partial charge in [-0.3, -0.25) is 24.6 Å².